The number of benzene rings is 1. The van der Waals surface area contributed by atoms with Crippen molar-refractivity contribution in [1.29, 1.82) is 0 Å². The van der Waals surface area contributed by atoms with Crippen molar-refractivity contribution < 1.29 is 8.91 Å². The number of hydrogen-bond acceptors (Lipinski definition) is 3. The number of hydrogen-bond donors (Lipinski definition) is 1. The highest BCUT2D eigenvalue weighted by Crippen LogP contribution is 2.33. The van der Waals surface area contributed by atoms with Gasteiger partial charge >= 0.3 is 0 Å². The van der Waals surface area contributed by atoms with E-state index in [-0.39, 0.29) is 17.6 Å². The summed E-state index contributed by atoms with van der Waals surface area (Å²) in [5.74, 6) is 0.0873. The van der Waals surface area contributed by atoms with E-state index >= 15 is 0 Å². The molecule has 5 heteroatoms. The minimum atomic E-state index is -0.237. The maximum absolute atomic E-state index is 13.9. The number of nitrogen functional groups attached to an aromatic ring is 1. The molecule has 0 amide bonds. The summed E-state index contributed by atoms with van der Waals surface area (Å²) in [6.07, 6.45) is 1.53. The van der Waals surface area contributed by atoms with Crippen LogP contribution in [0.2, 0.25) is 0 Å². The minimum Gasteiger partial charge on any atom is -0.367 e. The van der Waals surface area contributed by atoms with Gasteiger partial charge in [0.15, 0.2) is 0 Å². The molecule has 1 heterocycles. The van der Waals surface area contributed by atoms with E-state index in [0.717, 1.165) is 5.56 Å². The van der Waals surface area contributed by atoms with Gasteiger partial charge in [0.05, 0.1) is 16.2 Å². The van der Waals surface area contributed by atoms with Gasteiger partial charge in [0, 0.05) is 0 Å². The molecule has 0 unspecified atom stereocenters. The highest BCUT2D eigenvalue weighted by Gasteiger charge is 2.15. The van der Waals surface area contributed by atoms with Gasteiger partial charge in [0.2, 0.25) is 5.88 Å². The van der Waals surface area contributed by atoms with Crippen LogP contribution in [0.4, 0.5) is 10.3 Å². The smallest absolute Gasteiger partial charge is 0.229 e. The first-order chi connectivity index (χ1) is 8.00. The zero-order chi connectivity index (χ0) is 12.6. The lowest BCUT2D eigenvalue weighted by atomic mass is 9.98. The molecule has 2 aromatic rings. The van der Waals surface area contributed by atoms with Crippen LogP contribution in [0.1, 0.15) is 25.3 Å². The fraction of sp³-hybridized carbons (Fsp3) is 0.250. The molecule has 3 nitrogen and oxygen atoms in total. The van der Waals surface area contributed by atoms with Gasteiger partial charge < -0.3 is 10.3 Å². The minimum absolute atomic E-state index is 0.0901. The van der Waals surface area contributed by atoms with Crippen molar-refractivity contribution in [3.05, 3.63) is 34.2 Å². The Labute approximate surface area is 107 Å². The SMILES string of the molecule is CC(C)c1cc(-c2cnoc2N)cc(Br)c1F. The van der Waals surface area contributed by atoms with Gasteiger partial charge in [0.1, 0.15) is 5.82 Å². The number of halogens is 2. The first-order valence-electron chi connectivity index (χ1n) is 5.20. The van der Waals surface area contributed by atoms with Crippen molar-refractivity contribution in [3.63, 3.8) is 0 Å². The van der Waals surface area contributed by atoms with E-state index in [4.69, 9.17) is 10.3 Å². The molecule has 90 valence electrons. The van der Waals surface area contributed by atoms with Crippen LogP contribution >= 0.6 is 15.9 Å². The number of rotatable bonds is 2. The summed E-state index contributed by atoms with van der Waals surface area (Å²) in [6, 6.07) is 3.44. The van der Waals surface area contributed by atoms with E-state index in [1.807, 2.05) is 13.8 Å². The number of nitrogens with zero attached hydrogens (tertiary/aromatic N) is 1. The van der Waals surface area contributed by atoms with Crippen molar-refractivity contribution >= 4 is 21.8 Å². The third kappa shape index (κ3) is 2.20. The fourth-order valence-corrected chi connectivity index (χ4v) is 2.13. The average molecular weight is 299 g/mol. The maximum atomic E-state index is 13.9. The van der Waals surface area contributed by atoms with Crippen LogP contribution in [-0.2, 0) is 0 Å². The molecular weight excluding hydrogens is 287 g/mol. The molecule has 0 aliphatic carbocycles. The highest BCUT2D eigenvalue weighted by molar-refractivity contribution is 9.10. The highest BCUT2D eigenvalue weighted by atomic mass is 79.9. The molecule has 0 fully saturated rings. The lowest BCUT2D eigenvalue weighted by Gasteiger charge is -2.11. The Kier molecular flexibility index (Phi) is 3.19. The van der Waals surface area contributed by atoms with Gasteiger partial charge in [-0.2, -0.15) is 0 Å². The van der Waals surface area contributed by atoms with Gasteiger partial charge in [-0.15, -0.1) is 0 Å². The van der Waals surface area contributed by atoms with Crippen LogP contribution in [0.3, 0.4) is 0 Å². The summed E-state index contributed by atoms with van der Waals surface area (Å²) >= 11 is 3.21. The first-order valence-corrected chi connectivity index (χ1v) is 5.99. The van der Waals surface area contributed by atoms with E-state index in [0.29, 0.717) is 15.6 Å². The van der Waals surface area contributed by atoms with E-state index in [2.05, 4.69) is 21.1 Å². The van der Waals surface area contributed by atoms with Crippen molar-refractivity contribution in [2.24, 2.45) is 0 Å². The Morgan fingerprint density at radius 1 is 1.41 bits per heavy atom. The van der Waals surface area contributed by atoms with Crippen molar-refractivity contribution in [2.75, 3.05) is 5.73 Å². The summed E-state index contributed by atoms with van der Waals surface area (Å²) in [5.41, 5.74) is 7.75. The Morgan fingerprint density at radius 2 is 2.12 bits per heavy atom. The average Bonchev–Trinajstić information content (AvgIpc) is 2.68. The summed E-state index contributed by atoms with van der Waals surface area (Å²) in [7, 11) is 0. The molecule has 0 aliphatic rings. The monoisotopic (exact) mass is 298 g/mol. The fourth-order valence-electron chi connectivity index (χ4n) is 1.65. The molecular formula is C12H12BrFN2O. The third-order valence-corrected chi connectivity index (χ3v) is 3.16. The topological polar surface area (TPSA) is 52.0 Å². The zero-order valence-corrected chi connectivity index (χ0v) is 11.1. The van der Waals surface area contributed by atoms with E-state index in [9.17, 15) is 4.39 Å². The van der Waals surface area contributed by atoms with Crippen LogP contribution in [0.5, 0.6) is 0 Å². The molecule has 2 rings (SSSR count). The van der Waals surface area contributed by atoms with Crippen LogP contribution < -0.4 is 5.73 Å². The number of aromatic nitrogens is 1. The molecule has 0 bridgehead atoms. The Hall–Kier alpha value is -1.36. The van der Waals surface area contributed by atoms with Crippen LogP contribution in [0.25, 0.3) is 11.1 Å². The molecule has 1 aromatic carbocycles. The summed E-state index contributed by atoms with van der Waals surface area (Å²) < 4.78 is 19.1. The van der Waals surface area contributed by atoms with Crippen LogP contribution in [0.15, 0.2) is 27.3 Å². The predicted molar refractivity (Wildman–Crippen MR) is 68.1 cm³/mol. The molecule has 0 spiro atoms. The third-order valence-electron chi connectivity index (χ3n) is 2.59. The molecule has 0 atom stereocenters. The maximum Gasteiger partial charge on any atom is 0.229 e. The predicted octanol–water partition coefficient (Wildman–Crippen LogP) is 3.95. The quantitative estimate of drug-likeness (QED) is 0.913. The van der Waals surface area contributed by atoms with Gasteiger partial charge in [-0.25, -0.2) is 4.39 Å². The van der Waals surface area contributed by atoms with E-state index in [1.54, 1.807) is 12.1 Å². The molecule has 2 N–H and O–H groups in total. The molecule has 17 heavy (non-hydrogen) atoms. The Balaban J connectivity index is 2.61. The second-order valence-corrected chi connectivity index (χ2v) is 4.97. The first kappa shape index (κ1) is 12.1. The standard InChI is InChI=1S/C12H12BrFN2O/c1-6(2)8-3-7(4-10(13)11(8)14)9-5-16-17-12(9)15/h3-6H,15H2,1-2H3. The van der Waals surface area contributed by atoms with Gasteiger partial charge in [-0.3, -0.25) is 0 Å². The van der Waals surface area contributed by atoms with Crippen molar-refractivity contribution in [2.45, 2.75) is 19.8 Å². The normalized spacial score (nSPS) is 11.1. The summed E-state index contributed by atoms with van der Waals surface area (Å²) in [6.45, 7) is 3.87. The summed E-state index contributed by atoms with van der Waals surface area (Å²) in [4.78, 5) is 0. The largest absolute Gasteiger partial charge is 0.367 e. The number of anilines is 1. The van der Waals surface area contributed by atoms with Gasteiger partial charge in [-0.1, -0.05) is 19.0 Å². The Bertz CT molecular complexity index is 551. The van der Waals surface area contributed by atoms with Gasteiger partial charge in [-0.05, 0) is 45.1 Å². The lowest BCUT2D eigenvalue weighted by molar-refractivity contribution is 0.436. The zero-order valence-electron chi connectivity index (χ0n) is 9.50. The summed E-state index contributed by atoms with van der Waals surface area (Å²) in [5, 5.41) is 3.62. The van der Waals surface area contributed by atoms with Gasteiger partial charge in [0.25, 0.3) is 0 Å². The second-order valence-electron chi connectivity index (χ2n) is 4.12. The molecule has 0 radical (unpaired) electrons. The van der Waals surface area contributed by atoms with E-state index < -0.39 is 0 Å². The molecule has 1 aromatic heterocycles. The molecule has 0 aliphatic heterocycles. The van der Waals surface area contributed by atoms with Crippen LogP contribution in [-0.4, -0.2) is 5.16 Å². The molecule has 0 saturated carbocycles. The van der Waals surface area contributed by atoms with E-state index in [1.165, 1.54) is 6.20 Å². The van der Waals surface area contributed by atoms with Crippen molar-refractivity contribution in [1.82, 2.24) is 5.16 Å². The van der Waals surface area contributed by atoms with Crippen LogP contribution in [0, 0.1) is 5.82 Å². The van der Waals surface area contributed by atoms with Crippen molar-refractivity contribution in [3.8, 4) is 11.1 Å². The second kappa shape index (κ2) is 4.49. The lowest BCUT2D eigenvalue weighted by Crippen LogP contribution is -1.96. The number of nitrogens with two attached hydrogens (primary N) is 1. The molecule has 0 saturated heterocycles. The Morgan fingerprint density at radius 3 is 2.65 bits per heavy atom.